The molecule has 3 heterocycles. The van der Waals surface area contributed by atoms with Crippen LogP contribution in [0, 0.1) is 0 Å². The maximum absolute atomic E-state index is 13.4. The van der Waals surface area contributed by atoms with Gasteiger partial charge in [0.2, 0.25) is 5.16 Å². The molecule has 38 heavy (non-hydrogen) atoms. The molecule has 0 radical (unpaired) electrons. The van der Waals surface area contributed by atoms with Crippen LogP contribution >= 0.6 is 23.1 Å². The quantitative estimate of drug-likeness (QED) is 0.240. The summed E-state index contributed by atoms with van der Waals surface area (Å²) in [6.45, 7) is 0. The van der Waals surface area contributed by atoms with Gasteiger partial charge in [-0.25, -0.2) is 9.69 Å². The van der Waals surface area contributed by atoms with Gasteiger partial charge >= 0.3 is 0 Å². The molecule has 5 rings (SSSR count). The molecule has 0 aliphatic carbocycles. The summed E-state index contributed by atoms with van der Waals surface area (Å²) >= 11 is 2.88. The smallest absolute Gasteiger partial charge is 0.253 e. The first-order valence-electron chi connectivity index (χ1n) is 12.2. The number of aromatic hydroxyl groups is 1. The van der Waals surface area contributed by atoms with E-state index in [2.05, 4.69) is 34.5 Å². The zero-order valence-corrected chi connectivity index (χ0v) is 22.8. The Morgan fingerprint density at radius 1 is 1.11 bits per heavy atom. The molecule has 2 aromatic carbocycles. The second kappa shape index (κ2) is 11.3. The van der Waals surface area contributed by atoms with Crippen molar-refractivity contribution in [1.29, 1.82) is 0 Å². The standard InChI is InChI=1S/C27H29N7O2S2/c1-32(2)20-10-8-19(9-11-20)23-16-22(24-4-3-15-37-24)31-34(23)26(36)17-38-27-30-29-25(33(27)28)14-7-18-5-12-21(35)13-6-18/h3-6,8-13,15,23,35H,7,14,16-17,28H2,1-2H3. The molecule has 2 aromatic heterocycles. The van der Waals surface area contributed by atoms with Gasteiger partial charge in [-0.1, -0.05) is 42.1 Å². The van der Waals surface area contributed by atoms with E-state index in [1.54, 1.807) is 28.5 Å². The van der Waals surface area contributed by atoms with Crippen LogP contribution in [-0.4, -0.2) is 56.5 Å². The predicted octanol–water partition coefficient (Wildman–Crippen LogP) is 4.08. The van der Waals surface area contributed by atoms with Crippen LogP contribution in [0.15, 0.2) is 76.3 Å². The first-order chi connectivity index (χ1) is 18.4. The van der Waals surface area contributed by atoms with Crippen molar-refractivity contribution >= 4 is 40.4 Å². The Bertz CT molecular complexity index is 1410. The maximum atomic E-state index is 13.4. The largest absolute Gasteiger partial charge is 0.508 e. The maximum Gasteiger partial charge on any atom is 0.253 e. The normalized spacial score (nSPS) is 15.1. The lowest BCUT2D eigenvalue weighted by atomic mass is 10.0. The lowest BCUT2D eigenvalue weighted by Gasteiger charge is -2.22. The number of nitrogens with two attached hydrogens (primary N) is 1. The Labute approximate surface area is 229 Å². The molecular formula is C27H29N7O2S2. The summed E-state index contributed by atoms with van der Waals surface area (Å²) in [4.78, 5) is 16.5. The van der Waals surface area contributed by atoms with Gasteiger partial charge in [-0.15, -0.1) is 21.5 Å². The lowest BCUT2D eigenvalue weighted by Crippen LogP contribution is -2.29. The minimum absolute atomic E-state index is 0.114. The zero-order valence-electron chi connectivity index (χ0n) is 21.2. The molecule has 4 aromatic rings. The summed E-state index contributed by atoms with van der Waals surface area (Å²) in [5.74, 6) is 7.14. The van der Waals surface area contributed by atoms with Crippen LogP contribution in [0.3, 0.4) is 0 Å². The second-order valence-electron chi connectivity index (χ2n) is 9.19. The van der Waals surface area contributed by atoms with Gasteiger partial charge in [0.05, 0.1) is 22.4 Å². The minimum Gasteiger partial charge on any atom is -0.508 e. The van der Waals surface area contributed by atoms with Gasteiger partial charge < -0.3 is 15.8 Å². The fraction of sp³-hybridized carbons (Fsp3) is 0.259. The highest BCUT2D eigenvalue weighted by Crippen LogP contribution is 2.35. The molecule has 1 aliphatic heterocycles. The van der Waals surface area contributed by atoms with E-state index in [0.717, 1.165) is 27.4 Å². The van der Waals surface area contributed by atoms with Crippen LogP contribution in [0.1, 0.15) is 34.3 Å². The number of carbonyl (C=O) groups excluding carboxylic acids is 1. The molecule has 9 nitrogen and oxygen atoms in total. The average Bonchev–Trinajstić information content (AvgIpc) is 3.68. The van der Waals surface area contributed by atoms with Gasteiger partial charge in [-0.05, 0) is 53.3 Å². The topological polar surface area (TPSA) is 113 Å². The molecule has 1 amide bonds. The molecular weight excluding hydrogens is 518 g/mol. The monoisotopic (exact) mass is 547 g/mol. The fourth-order valence-electron chi connectivity index (χ4n) is 4.27. The van der Waals surface area contributed by atoms with Crippen molar-refractivity contribution in [3.63, 3.8) is 0 Å². The molecule has 0 fully saturated rings. The number of benzene rings is 2. The van der Waals surface area contributed by atoms with Gasteiger partial charge in [-0.3, -0.25) is 4.79 Å². The Kier molecular flexibility index (Phi) is 7.66. The van der Waals surface area contributed by atoms with Crippen molar-refractivity contribution < 1.29 is 9.90 Å². The summed E-state index contributed by atoms with van der Waals surface area (Å²) in [6.07, 6.45) is 1.96. The SMILES string of the molecule is CN(C)c1ccc(C2CC(c3cccs3)=NN2C(=O)CSc2nnc(CCc3ccc(O)cc3)n2N)cc1. The summed E-state index contributed by atoms with van der Waals surface area (Å²) < 4.78 is 1.44. The van der Waals surface area contributed by atoms with E-state index < -0.39 is 0 Å². The fourth-order valence-corrected chi connectivity index (χ4v) is 5.72. The number of thioether (sulfide) groups is 1. The molecule has 0 bridgehead atoms. The number of phenolic OH excluding ortho intramolecular Hbond substituents is 1. The lowest BCUT2D eigenvalue weighted by molar-refractivity contribution is -0.130. The summed E-state index contributed by atoms with van der Waals surface area (Å²) in [5.41, 5.74) is 4.12. The third-order valence-corrected chi connectivity index (χ3v) is 8.25. The molecule has 1 atom stereocenters. The van der Waals surface area contributed by atoms with Crippen LogP contribution in [-0.2, 0) is 17.6 Å². The van der Waals surface area contributed by atoms with Gasteiger partial charge in [0, 0.05) is 32.6 Å². The number of aromatic nitrogens is 3. The molecule has 3 N–H and O–H groups in total. The Morgan fingerprint density at radius 3 is 2.55 bits per heavy atom. The number of rotatable bonds is 9. The van der Waals surface area contributed by atoms with E-state index in [1.165, 1.54) is 16.4 Å². The molecule has 11 heteroatoms. The van der Waals surface area contributed by atoms with E-state index in [9.17, 15) is 9.90 Å². The van der Waals surface area contributed by atoms with E-state index in [4.69, 9.17) is 10.9 Å². The van der Waals surface area contributed by atoms with Crippen molar-refractivity contribution in [2.45, 2.75) is 30.5 Å². The van der Waals surface area contributed by atoms with E-state index in [0.29, 0.717) is 30.2 Å². The number of carbonyl (C=O) groups is 1. The van der Waals surface area contributed by atoms with Gasteiger partial charge in [0.1, 0.15) is 5.75 Å². The summed E-state index contributed by atoms with van der Waals surface area (Å²) in [5, 5.41) is 26.7. The molecule has 1 aliphatic rings. The van der Waals surface area contributed by atoms with Crippen LogP contribution in [0.25, 0.3) is 0 Å². The average molecular weight is 548 g/mol. The van der Waals surface area contributed by atoms with E-state index in [-0.39, 0.29) is 23.5 Å². The van der Waals surface area contributed by atoms with Gasteiger partial charge in [0.25, 0.3) is 5.91 Å². The number of aryl methyl sites for hydroxylation is 2. The molecule has 0 saturated carbocycles. The minimum atomic E-state index is -0.173. The van der Waals surface area contributed by atoms with Crippen LogP contribution in [0.4, 0.5) is 5.69 Å². The van der Waals surface area contributed by atoms with Crippen molar-refractivity contribution in [1.82, 2.24) is 19.9 Å². The second-order valence-corrected chi connectivity index (χ2v) is 11.1. The number of nitrogens with zero attached hydrogens (tertiary/aromatic N) is 6. The summed E-state index contributed by atoms with van der Waals surface area (Å²) in [7, 11) is 4.01. The highest BCUT2D eigenvalue weighted by atomic mass is 32.2. The number of nitrogen functional groups attached to an aromatic ring is 1. The number of amides is 1. The van der Waals surface area contributed by atoms with E-state index >= 15 is 0 Å². The van der Waals surface area contributed by atoms with Crippen LogP contribution < -0.4 is 10.7 Å². The Morgan fingerprint density at radius 2 is 1.87 bits per heavy atom. The molecule has 0 spiro atoms. The van der Waals surface area contributed by atoms with Crippen molar-refractivity contribution in [2.24, 2.45) is 5.10 Å². The number of phenols is 1. The molecule has 196 valence electrons. The Balaban J connectivity index is 1.27. The number of hydrogen-bond acceptors (Lipinski definition) is 9. The summed E-state index contributed by atoms with van der Waals surface area (Å²) in [6, 6.07) is 19.2. The zero-order chi connectivity index (χ0) is 26.6. The number of hydrogen-bond donors (Lipinski definition) is 2. The first-order valence-corrected chi connectivity index (χ1v) is 14.1. The van der Waals surface area contributed by atoms with Crippen molar-refractivity contribution in [2.75, 3.05) is 30.6 Å². The van der Waals surface area contributed by atoms with Gasteiger partial charge in [-0.2, -0.15) is 5.10 Å². The predicted molar refractivity (Wildman–Crippen MR) is 152 cm³/mol. The number of thiophene rings is 1. The third-order valence-electron chi connectivity index (χ3n) is 6.40. The molecule has 1 unspecified atom stereocenters. The molecule has 0 saturated heterocycles. The van der Waals surface area contributed by atoms with Gasteiger partial charge in [0.15, 0.2) is 5.82 Å². The first kappa shape index (κ1) is 25.8. The Hall–Kier alpha value is -3.83. The van der Waals surface area contributed by atoms with Crippen LogP contribution in [0.2, 0.25) is 0 Å². The van der Waals surface area contributed by atoms with Crippen LogP contribution in [0.5, 0.6) is 5.75 Å². The number of hydrazone groups is 1. The third kappa shape index (κ3) is 5.68. The van der Waals surface area contributed by atoms with Crippen molar-refractivity contribution in [3.05, 3.63) is 87.9 Å². The van der Waals surface area contributed by atoms with E-state index in [1.807, 2.05) is 48.6 Å². The highest BCUT2D eigenvalue weighted by Gasteiger charge is 2.33. The highest BCUT2D eigenvalue weighted by molar-refractivity contribution is 7.99. The van der Waals surface area contributed by atoms with Crippen molar-refractivity contribution in [3.8, 4) is 5.75 Å². The number of anilines is 1.